The first-order valence-corrected chi connectivity index (χ1v) is 14.0. The van der Waals surface area contributed by atoms with Gasteiger partial charge in [-0.05, 0) is 13.3 Å². The van der Waals surface area contributed by atoms with Crippen molar-refractivity contribution in [2.24, 2.45) is 0 Å². The molecule has 0 atom stereocenters. The fraction of sp³-hybridized carbons (Fsp3) is 0.964. The van der Waals surface area contributed by atoms with Gasteiger partial charge < -0.3 is 4.74 Å². The Labute approximate surface area is 190 Å². The molecule has 0 amide bonds. The number of carbonyl (C=O) groups is 1. The molecular weight excluding hydrogens is 368 g/mol. The van der Waals surface area contributed by atoms with Crippen molar-refractivity contribution in [3.8, 4) is 0 Å². The Hall–Kier alpha value is -0.530. The highest BCUT2D eigenvalue weighted by molar-refractivity contribution is 5.69. The van der Waals surface area contributed by atoms with Crippen LogP contribution >= 0.6 is 0 Å². The molecule has 0 saturated carbocycles. The van der Waals surface area contributed by atoms with E-state index < -0.39 is 0 Å². The lowest BCUT2D eigenvalue weighted by Gasteiger charge is -2.04. The monoisotopic (exact) mass is 424 g/mol. The van der Waals surface area contributed by atoms with E-state index in [1.165, 1.54) is 141 Å². The maximum Gasteiger partial charge on any atom is 0.305 e. The van der Waals surface area contributed by atoms with Crippen LogP contribution in [0.4, 0.5) is 0 Å². The molecule has 0 bridgehead atoms. The molecule has 0 unspecified atom stereocenters. The Morgan fingerprint density at radius 2 is 0.700 bits per heavy atom. The number of hydrogen-bond donors (Lipinski definition) is 0. The van der Waals surface area contributed by atoms with Crippen LogP contribution in [0.5, 0.6) is 0 Å². The quantitative estimate of drug-likeness (QED) is 0.108. The highest BCUT2D eigenvalue weighted by Crippen LogP contribution is 2.15. The van der Waals surface area contributed by atoms with E-state index in [2.05, 4.69) is 6.92 Å². The molecule has 0 rings (SSSR count). The number of rotatable bonds is 25. The summed E-state index contributed by atoms with van der Waals surface area (Å²) in [6, 6.07) is 0. The summed E-state index contributed by atoms with van der Waals surface area (Å²) in [4.78, 5) is 11.2. The van der Waals surface area contributed by atoms with Crippen LogP contribution < -0.4 is 0 Å². The van der Waals surface area contributed by atoms with Crippen molar-refractivity contribution in [3.63, 3.8) is 0 Å². The van der Waals surface area contributed by atoms with Crippen LogP contribution in [0.25, 0.3) is 0 Å². The lowest BCUT2D eigenvalue weighted by atomic mass is 10.0. The average molecular weight is 425 g/mol. The average Bonchev–Trinajstić information content (AvgIpc) is 2.74. The first-order valence-electron chi connectivity index (χ1n) is 14.0. The van der Waals surface area contributed by atoms with Gasteiger partial charge in [-0.3, -0.25) is 4.79 Å². The van der Waals surface area contributed by atoms with Crippen LogP contribution in [0.15, 0.2) is 0 Å². The number of carbonyl (C=O) groups excluding carboxylic acids is 1. The van der Waals surface area contributed by atoms with Crippen LogP contribution in [0.3, 0.4) is 0 Å². The predicted octanol–water partition coefficient (Wildman–Crippen LogP) is 9.93. The summed E-state index contributed by atoms with van der Waals surface area (Å²) in [6.45, 7) is 4.68. The van der Waals surface area contributed by atoms with Gasteiger partial charge in [-0.15, -0.1) is 0 Å². The summed E-state index contributed by atoms with van der Waals surface area (Å²) in [5, 5.41) is 0. The number of esters is 1. The third-order valence-electron chi connectivity index (χ3n) is 6.29. The van der Waals surface area contributed by atoms with Gasteiger partial charge in [0, 0.05) is 6.42 Å². The van der Waals surface area contributed by atoms with Crippen molar-refractivity contribution in [3.05, 3.63) is 0 Å². The van der Waals surface area contributed by atoms with Gasteiger partial charge in [0.25, 0.3) is 0 Å². The summed E-state index contributed by atoms with van der Waals surface area (Å²) < 4.78 is 4.95. The van der Waals surface area contributed by atoms with Gasteiger partial charge in [0.15, 0.2) is 0 Å². The van der Waals surface area contributed by atoms with Crippen molar-refractivity contribution in [1.29, 1.82) is 0 Å². The molecule has 0 heterocycles. The SMILES string of the molecule is CCCCCCCCCCCCCCCCCCCCCCCCCC(=O)OCC. The van der Waals surface area contributed by atoms with Crippen molar-refractivity contribution < 1.29 is 9.53 Å². The lowest BCUT2D eigenvalue weighted by molar-refractivity contribution is -0.143. The van der Waals surface area contributed by atoms with Gasteiger partial charge in [-0.1, -0.05) is 148 Å². The molecule has 0 aliphatic heterocycles. The predicted molar refractivity (Wildman–Crippen MR) is 133 cm³/mol. The fourth-order valence-electron chi connectivity index (χ4n) is 4.29. The molecule has 0 aromatic rings. The summed E-state index contributed by atoms with van der Waals surface area (Å²) in [5.41, 5.74) is 0. The third-order valence-corrected chi connectivity index (χ3v) is 6.29. The van der Waals surface area contributed by atoms with Crippen molar-refractivity contribution in [2.45, 2.75) is 168 Å². The molecule has 180 valence electrons. The first kappa shape index (κ1) is 29.5. The van der Waals surface area contributed by atoms with E-state index in [0.29, 0.717) is 13.0 Å². The largest absolute Gasteiger partial charge is 0.466 e. The van der Waals surface area contributed by atoms with E-state index in [1.807, 2.05) is 6.92 Å². The molecule has 0 spiro atoms. The molecule has 2 heteroatoms. The van der Waals surface area contributed by atoms with Crippen molar-refractivity contribution in [2.75, 3.05) is 6.61 Å². The minimum Gasteiger partial charge on any atom is -0.466 e. The molecule has 30 heavy (non-hydrogen) atoms. The molecule has 0 radical (unpaired) electrons. The zero-order chi connectivity index (χ0) is 22.0. The maximum atomic E-state index is 11.2. The summed E-state index contributed by atoms with van der Waals surface area (Å²) >= 11 is 0. The normalized spacial score (nSPS) is 11.1. The minimum atomic E-state index is -0.0269. The Morgan fingerprint density at radius 1 is 0.433 bits per heavy atom. The summed E-state index contributed by atoms with van der Waals surface area (Å²) in [7, 11) is 0. The van der Waals surface area contributed by atoms with Gasteiger partial charge in [0.1, 0.15) is 0 Å². The second kappa shape index (κ2) is 26.5. The second-order valence-corrected chi connectivity index (χ2v) is 9.33. The molecule has 0 aliphatic rings. The second-order valence-electron chi connectivity index (χ2n) is 9.33. The molecule has 0 aromatic carbocycles. The summed E-state index contributed by atoms with van der Waals surface area (Å²) in [6.07, 6.45) is 32.8. The van der Waals surface area contributed by atoms with Crippen molar-refractivity contribution in [1.82, 2.24) is 0 Å². The first-order chi connectivity index (χ1) is 14.8. The number of ether oxygens (including phenoxy) is 1. The Morgan fingerprint density at radius 3 is 0.967 bits per heavy atom. The van der Waals surface area contributed by atoms with Crippen molar-refractivity contribution >= 4 is 5.97 Å². The lowest BCUT2D eigenvalue weighted by Crippen LogP contribution is -2.03. The minimum absolute atomic E-state index is 0.0269. The molecule has 0 aromatic heterocycles. The van der Waals surface area contributed by atoms with Gasteiger partial charge in [-0.25, -0.2) is 0 Å². The number of hydrogen-bond acceptors (Lipinski definition) is 2. The molecule has 2 nitrogen and oxygen atoms in total. The molecule has 0 saturated heterocycles. The third kappa shape index (κ3) is 25.5. The van der Waals surface area contributed by atoms with Crippen LogP contribution in [0, 0.1) is 0 Å². The zero-order valence-corrected chi connectivity index (χ0v) is 21.0. The molecular formula is C28H56O2. The zero-order valence-electron chi connectivity index (χ0n) is 21.0. The fourth-order valence-corrected chi connectivity index (χ4v) is 4.29. The van der Waals surface area contributed by atoms with E-state index in [9.17, 15) is 4.79 Å². The van der Waals surface area contributed by atoms with E-state index in [4.69, 9.17) is 4.74 Å². The van der Waals surface area contributed by atoms with Crippen LogP contribution in [0.1, 0.15) is 168 Å². The van der Waals surface area contributed by atoms with E-state index in [0.717, 1.165) is 6.42 Å². The van der Waals surface area contributed by atoms with Crippen LogP contribution in [0.2, 0.25) is 0 Å². The van der Waals surface area contributed by atoms with Gasteiger partial charge in [-0.2, -0.15) is 0 Å². The van der Waals surface area contributed by atoms with Crippen LogP contribution in [-0.2, 0) is 9.53 Å². The Balaban J connectivity index is 3.03. The van der Waals surface area contributed by atoms with Gasteiger partial charge in [0.2, 0.25) is 0 Å². The number of unbranched alkanes of at least 4 members (excludes halogenated alkanes) is 22. The topological polar surface area (TPSA) is 26.3 Å². The van der Waals surface area contributed by atoms with E-state index in [-0.39, 0.29) is 5.97 Å². The molecule has 0 fully saturated rings. The van der Waals surface area contributed by atoms with E-state index >= 15 is 0 Å². The molecule has 0 aliphatic carbocycles. The highest BCUT2D eigenvalue weighted by atomic mass is 16.5. The standard InChI is InChI=1S/C28H56O2/c1-3-5-6-7-8-9-10-11-12-13-14-15-16-17-18-19-20-21-22-23-24-25-26-27-28(29)30-4-2/h3-27H2,1-2H3. The maximum absolute atomic E-state index is 11.2. The Bertz CT molecular complexity index is 327. The smallest absolute Gasteiger partial charge is 0.305 e. The van der Waals surface area contributed by atoms with Gasteiger partial charge in [0.05, 0.1) is 6.61 Å². The summed E-state index contributed by atoms with van der Waals surface area (Å²) in [5.74, 6) is -0.0269. The molecule has 0 N–H and O–H groups in total. The van der Waals surface area contributed by atoms with Crippen LogP contribution in [-0.4, -0.2) is 12.6 Å². The van der Waals surface area contributed by atoms with Gasteiger partial charge >= 0.3 is 5.97 Å². The Kier molecular flexibility index (Phi) is 26.0. The highest BCUT2D eigenvalue weighted by Gasteiger charge is 2.00. The van der Waals surface area contributed by atoms with E-state index in [1.54, 1.807) is 0 Å².